The van der Waals surface area contributed by atoms with Gasteiger partial charge in [0.1, 0.15) is 11.4 Å². The molecule has 3 rings (SSSR count). The highest BCUT2D eigenvalue weighted by Gasteiger charge is 2.36. The van der Waals surface area contributed by atoms with Crippen molar-refractivity contribution in [2.24, 2.45) is 0 Å². The van der Waals surface area contributed by atoms with Gasteiger partial charge in [-0.3, -0.25) is 0 Å². The molecule has 0 amide bonds. The van der Waals surface area contributed by atoms with E-state index in [0.717, 1.165) is 29.8 Å². The van der Waals surface area contributed by atoms with Crippen molar-refractivity contribution in [2.45, 2.75) is 18.6 Å². The number of aromatic amines is 1. The average molecular weight is 294 g/mol. The van der Waals surface area contributed by atoms with E-state index in [1.165, 1.54) is 0 Å². The smallest absolute Gasteiger partial charge is 0.178 e. The SMILES string of the molecule is COc1ccc2[nH]c(=S)n(CC3(OC)CCOC3)c2c1. The Labute approximate surface area is 122 Å². The van der Waals surface area contributed by atoms with Crippen molar-refractivity contribution >= 4 is 23.3 Å². The number of fused-ring (bicyclic) bond motifs is 1. The summed E-state index contributed by atoms with van der Waals surface area (Å²) in [6.07, 6.45) is 0.877. The van der Waals surface area contributed by atoms with Gasteiger partial charge in [-0.05, 0) is 24.4 Å². The van der Waals surface area contributed by atoms with Crippen LogP contribution in [0.4, 0.5) is 0 Å². The van der Waals surface area contributed by atoms with Gasteiger partial charge in [0.25, 0.3) is 0 Å². The van der Waals surface area contributed by atoms with Crippen molar-refractivity contribution in [3.8, 4) is 5.75 Å². The molecule has 2 heterocycles. The second-order valence-electron chi connectivity index (χ2n) is 5.09. The molecule has 1 fully saturated rings. The summed E-state index contributed by atoms with van der Waals surface area (Å²) in [5.74, 6) is 0.814. The molecule has 1 atom stereocenters. The largest absolute Gasteiger partial charge is 0.497 e. The van der Waals surface area contributed by atoms with E-state index >= 15 is 0 Å². The standard InChI is InChI=1S/C14H18N2O3S/c1-17-10-3-4-11-12(7-10)16(13(20)15-11)8-14(18-2)5-6-19-9-14/h3-4,7H,5-6,8-9H2,1-2H3,(H,15,20). The van der Waals surface area contributed by atoms with Gasteiger partial charge in [0, 0.05) is 26.2 Å². The quantitative estimate of drug-likeness (QED) is 0.880. The van der Waals surface area contributed by atoms with Crippen LogP contribution in [0.25, 0.3) is 11.0 Å². The maximum atomic E-state index is 5.70. The van der Waals surface area contributed by atoms with Crippen LogP contribution in [0, 0.1) is 4.77 Å². The predicted octanol–water partition coefficient (Wildman–Crippen LogP) is 2.51. The van der Waals surface area contributed by atoms with Crippen LogP contribution < -0.4 is 4.74 Å². The molecule has 1 N–H and O–H groups in total. The molecule has 1 aliphatic rings. The molecule has 0 saturated carbocycles. The first-order valence-corrected chi connectivity index (χ1v) is 6.98. The highest BCUT2D eigenvalue weighted by Crippen LogP contribution is 2.28. The van der Waals surface area contributed by atoms with E-state index in [1.807, 2.05) is 18.2 Å². The van der Waals surface area contributed by atoms with Gasteiger partial charge >= 0.3 is 0 Å². The molecule has 2 aromatic rings. The van der Waals surface area contributed by atoms with Gasteiger partial charge in [0.2, 0.25) is 0 Å². The monoisotopic (exact) mass is 294 g/mol. The summed E-state index contributed by atoms with van der Waals surface area (Å²) in [6, 6.07) is 5.88. The van der Waals surface area contributed by atoms with Gasteiger partial charge in [0.15, 0.2) is 4.77 Å². The molecule has 1 saturated heterocycles. The third-order valence-electron chi connectivity index (χ3n) is 3.93. The Bertz CT molecular complexity index is 671. The number of H-pyrrole nitrogens is 1. The Morgan fingerprint density at radius 1 is 1.45 bits per heavy atom. The fourth-order valence-electron chi connectivity index (χ4n) is 2.64. The average Bonchev–Trinajstić information content (AvgIpc) is 3.05. The number of nitrogens with one attached hydrogen (secondary N) is 1. The van der Waals surface area contributed by atoms with Crippen molar-refractivity contribution in [3.05, 3.63) is 23.0 Å². The molecule has 1 aliphatic heterocycles. The molecule has 1 unspecified atom stereocenters. The number of methoxy groups -OCH3 is 2. The minimum absolute atomic E-state index is 0.295. The molecule has 108 valence electrons. The number of hydrogen-bond acceptors (Lipinski definition) is 4. The normalized spacial score (nSPS) is 22.5. The van der Waals surface area contributed by atoms with E-state index in [1.54, 1.807) is 14.2 Å². The van der Waals surface area contributed by atoms with Crippen LogP contribution in [0.1, 0.15) is 6.42 Å². The van der Waals surface area contributed by atoms with Crippen LogP contribution in [0.2, 0.25) is 0 Å². The van der Waals surface area contributed by atoms with E-state index in [-0.39, 0.29) is 5.60 Å². The third-order valence-corrected chi connectivity index (χ3v) is 4.25. The van der Waals surface area contributed by atoms with Crippen molar-refractivity contribution in [1.82, 2.24) is 9.55 Å². The van der Waals surface area contributed by atoms with Crippen molar-refractivity contribution in [1.29, 1.82) is 0 Å². The van der Waals surface area contributed by atoms with Crippen molar-refractivity contribution in [3.63, 3.8) is 0 Å². The minimum atomic E-state index is -0.295. The summed E-state index contributed by atoms with van der Waals surface area (Å²) < 4.78 is 19.2. The lowest BCUT2D eigenvalue weighted by Crippen LogP contribution is -2.37. The van der Waals surface area contributed by atoms with E-state index in [4.69, 9.17) is 26.4 Å². The Kier molecular flexibility index (Phi) is 3.54. The number of aromatic nitrogens is 2. The molecule has 1 aromatic carbocycles. The lowest BCUT2D eigenvalue weighted by atomic mass is 10.0. The number of nitrogens with zero attached hydrogens (tertiary/aromatic N) is 1. The molecule has 0 spiro atoms. The lowest BCUT2D eigenvalue weighted by Gasteiger charge is -2.26. The number of hydrogen-bond donors (Lipinski definition) is 1. The van der Waals surface area contributed by atoms with E-state index in [9.17, 15) is 0 Å². The van der Waals surface area contributed by atoms with Crippen LogP contribution >= 0.6 is 12.2 Å². The maximum absolute atomic E-state index is 5.70. The first kappa shape index (κ1) is 13.6. The van der Waals surface area contributed by atoms with E-state index in [0.29, 0.717) is 17.9 Å². The van der Waals surface area contributed by atoms with Crippen LogP contribution in [-0.4, -0.2) is 42.6 Å². The second-order valence-corrected chi connectivity index (χ2v) is 5.48. The first-order valence-electron chi connectivity index (χ1n) is 6.57. The van der Waals surface area contributed by atoms with E-state index in [2.05, 4.69) is 9.55 Å². The van der Waals surface area contributed by atoms with Crippen LogP contribution in [-0.2, 0) is 16.0 Å². The summed E-state index contributed by atoms with van der Waals surface area (Å²) in [4.78, 5) is 3.22. The van der Waals surface area contributed by atoms with Gasteiger partial charge in [0.05, 0.1) is 31.3 Å². The molecule has 0 bridgehead atoms. The number of benzene rings is 1. The molecule has 5 nitrogen and oxygen atoms in total. The topological polar surface area (TPSA) is 48.4 Å². The molecule has 1 aromatic heterocycles. The molecular weight excluding hydrogens is 276 g/mol. The molecular formula is C14H18N2O3S. The minimum Gasteiger partial charge on any atom is -0.497 e. The predicted molar refractivity (Wildman–Crippen MR) is 78.9 cm³/mol. The van der Waals surface area contributed by atoms with Gasteiger partial charge in [-0.25, -0.2) is 0 Å². The zero-order valence-corrected chi connectivity index (χ0v) is 12.5. The number of ether oxygens (including phenoxy) is 3. The number of rotatable bonds is 4. The van der Waals surface area contributed by atoms with Crippen molar-refractivity contribution < 1.29 is 14.2 Å². The summed E-state index contributed by atoms with van der Waals surface area (Å²) in [6.45, 7) is 2.00. The summed E-state index contributed by atoms with van der Waals surface area (Å²) in [7, 11) is 3.39. The lowest BCUT2D eigenvalue weighted by molar-refractivity contribution is -0.0290. The Morgan fingerprint density at radius 3 is 2.95 bits per heavy atom. The van der Waals surface area contributed by atoms with Gasteiger partial charge in [-0.2, -0.15) is 0 Å². The Morgan fingerprint density at radius 2 is 2.30 bits per heavy atom. The fraction of sp³-hybridized carbons (Fsp3) is 0.500. The van der Waals surface area contributed by atoms with Crippen LogP contribution in [0.15, 0.2) is 18.2 Å². The first-order chi connectivity index (χ1) is 9.67. The Balaban J connectivity index is 2.06. The summed E-state index contributed by atoms with van der Waals surface area (Å²) >= 11 is 5.43. The molecule has 20 heavy (non-hydrogen) atoms. The summed E-state index contributed by atoms with van der Waals surface area (Å²) in [5.41, 5.74) is 1.73. The van der Waals surface area contributed by atoms with Crippen molar-refractivity contribution in [2.75, 3.05) is 27.4 Å². The summed E-state index contributed by atoms with van der Waals surface area (Å²) in [5, 5.41) is 0. The highest BCUT2D eigenvalue weighted by atomic mass is 32.1. The van der Waals surface area contributed by atoms with Gasteiger partial charge in [-0.15, -0.1) is 0 Å². The molecule has 6 heteroatoms. The maximum Gasteiger partial charge on any atom is 0.178 e. The Hall–Kier alpha value is -1.37. The highest BCUT2D eigenvalue weighted by molar-refractivity contribution is 7.71. The molecule has 0 aliphatic carbocycles. The van der Waals surface area contributed by atoms with Crippen LogP contribution in [0.3, 0.4) is 0 Å². The molecule has 0 radical (unpaired) electrons. The van der Waals surface area contributed by atoms with Gasteiger partial charge < -0.3 is 23.8 Å². The fourth-order valence-corrected chi connectivity index (χ4v) is 2.92. The zero-order chi connectivity index (χ0) is 14.2. The van der Waals surface area contributed by atoms with Gasteiger partial charge in [-0.1, -0.05) is 0 Å². The number of imidazole rings is 1. The third kappa shape index (κ3) is 2.24. The van der Waals surface area contributed by atoms with E-state index < -0.39 is 0 Å². The zero-order valence-electron chi connectivity index (χ0n) is 11.6. The van der Waals surface area contributed by atoms with Crippen LogP contribution in [0.5, 0.6) is 5.75 Å². The second kappa shape index (κ2) is 5.20.